The predicted octanol–water partition coefficient (Wildman–Crippen LogP) is 3.86. The van der Waals surface area contributed by atoms with Gasteiger partial charge in [0.05, 0.1) is 20.8 Å². The lowest BCUT2D eigenvalue weighted by Crippen LogP contribution is -2.34. The Kier molecular flexibility index (Phi) is 7.91. The van der Waals surface area contributed by atoms with Crippen LogP contribution in [0, 0.1) is 0 Å². The highest BCUT2D eigenvalue weighted by Gasteiger charge is 2.18. The molecule has 0 aliphatic rings. The van der Waals surface area contributed by atoms with Crippen molar-refractivity contribution in [2.75, 3.05) is 32.7 Å². The summed E-state index contributed by atoms with van der Waals surface area (Å²) >= 11 is 0. The molecule has 0 heterocycles. The average Bonchev–Trinajstić information content (AvgIpc) is 2.70. The van der Waals surface area contributed by atoms with Crippen molar-refractivity contribution in [2.24, 2.45) is 0 Å². The third-order valence-electron chi connectivity index (χ3n) is 3.81. The molecule has 2 aromatic rings. The van der Waals surface area contributed by atoms with Crippen LogP contribution in [0.1, 0.15) is 31.1 Å². The predicted molar refractivity (Wildman–Crippen MR) is 114 cm³/mol. The van der Waals surface area contributed by atoms with Gasteiger partial charge in [0.25, 0.3) is 5.91 Å². The summed E-state index contributed by atoms with van der Waals surface area (Å²) in [5, 5.41) is 5.43. The second kappa shape index (κ2) is 10.4. The summed E-state index contributed by atoms with van der Waals surface area (Å²) in [5.74, 6) is 1.10. The van der Waals surface area contributed by atoms with Gasteiger partial charge in [-0.05, 0) is 57.2 Å². The lowest BCUT2D eigenvalue weighted by molar-refractivity contribution is 0.0520. The Hall–Kier alpha value is -3.42. The molecule has 0 spiro atoms. The van der Waals surface area contributed by atoms with Gasteiger partial charge in [-0.1, -0.05) is 6.07 Å². The molecule has 0 aliphatic carbocycles. The third-order valence-corrected chi connectivity index (χ3v) is 3.81. The van der Waals surface area contributed by atoms with E-state index in [0.29, 0.717) is 35.0 Å². The maximum absolute atomic E-state index is 12.7. The number of rotatable bonds is 8. The van der Waals surface area contributed by atoms with Crippen LogP contribution in [0.5, 0.6) is 17.2 Å². The minimum absolute atomic E-state index is 0.281. The van der Waals surface area contributed by atoms with Gasteiger partial charge in [-0.2, -0.15) is 0 Å². The summed E-state index contributed by atoms with van der Waals surface area (Å²) < 4.78 is 21.3. The minimum Gasteiger partial charge on any atom is -0.496 e. The van der Waals surface area contributed by atoms with Gasteiger partial charge in [0.15, 0.2) is 0 Å². The quantitative estimate of drug-likeness (QED) is 0.635. The molecule has 0 atom stereocenters. The van der Waals surface area contributed by atoms with E-state index in [4.69, 9.17) is 18.9 Å². The lowest BCUT2D eigenvalue weighted by Gasteiger charge is -2.19. The van der Waals surface area contributed by atoms with E-state index >= 15 is 0 Å². The van der Waals surface area contributed by atoms with Crippen molar-refractivity contribution in [1.29, 1.82) is 0 Å². The number of hydrogen-bond acceptors (Lipinski definition) is 6. The minimum atomic E-state index is -0.543. The van der Waals surface area contributed by atoms with Crippen molar-refractivity contribution >= 4 is 17.7 Å². The summed E-state index contributed by atoms with van der Waals surface area (Å²) in [6.45, 7) is 5.98. The number of carbonyl (C=O) groups is 2. The monoisotopic (exact) mass is 416 g/mol. The Bertz CT molecular complexity index is 837. The second-order valence-corrected chi connectivity index (χ2v) is 7.29. The molecule has 2 aromatic carbocycles. The van der Waals surface area contributed by atoms with Crippen LogP contribution in [-0.2, 0) is 4.74 Å². The Morgan fingerprint density at radius 1 is 0.933 bits per heavy atom. The van der Waals surface area contributed by atoms with E-state index in [9.17, 15) is 9.59 Å². The normalized spacial score (nSPS) is 10.7. The smallest absolute Gasteiger partial charge is 0.407 e. The average molecular weight is 416 g/mol. The van der Waals surface area contributed by atoms with E-state index in [1.807, 2.05) is 0 Å². The van der Waals surface area contributed by atoms with Gasteiger partial charge < -0.3 is 29.6 Å². The summed E-state index contributed by atoms with van der Waals surface area (Å²) in [6.07, 6.45) is -0.490. The number of nitrogens with one attached hydrogen (secondary N) is 2. The third kappa shape index (κ3) is 6.88. The summed E-state index contributed by atoms with van der Waals surface area (Å²) in [7, 11) is 2.99. The molecule has 2 amide bonds. The highest BCUT2D eigenvalue weighted by molar-refractivity contribution is 6.08. The summed E-state index contributed by atoms with van der Waals surface area (Å²) in [6, 6.07) is 12.0. The molecule has 30 heavy (non-hydrogen) atoms. The molecule has 0 aliphatic heterocycles. The molecule has 0 saturated carbocycles. The van der Waals surface area contributed by atoms with Gasteiger partial charge in [0, 0.05) is 5.69 Å². The zero-order valence-electron chi connectivity index (χ0n) is 17.9. The number of methoxy groups -OCH3 is 2. The zero-order chi connectivity index (χ0) is 22.1. The Morgan fingerprint density at radius 3 is 2.07 bits per heavy atom. The van der Waals surface area contributed by atoms with Gasteiger partial charge in [0.2, 0.25) is 0 Å². The number of benzene rings is 2. The van der Waals surface area contributed by atoms with Crippen molar-refractivity contribution in [3.63, 3.8) is 0 Å². The van der Waals surface area contributed by atoms with Crippen LogP contribution in [0.25, 0.3) is 0 Å². The van der Waals surface area contributed by atoms with Gasteiger partial charge in [-0.25, -0.2) is 4.79 Å². The van der Waals surface area contributed by atoms with Crippen LogP contribution in [0.4, 0.5) is 10.5 Å². The molecule has 2 rings (SSSR count). The molecule has 0 aromatic heterocycles. The second-order valence-electron chi connectivity index (χ2n) is 7.29. The first-order valence-corrected chi connectivity index (χ1v) is 9.45. The van der Waals surface area contributed by atoms with Crippen molar-refractivity contribution in [2.45, 2.75) is 26.4 Å². The number of alkyl carbamates (subject to hydrolysis) is 1. The van der Waals surface area contributed by atoms with E-state index in [0.717, 1.165) is 0 Å². The highest BCUT2D eigenvalue weighted by Crippen LogP contribution is 2.29. The van der Waals surface area contributed by atoms with Gasteiger partial charge in [0.1, 0.15) is 35.0 Å². The topological polar surface area (TPSA) is 95.1 Å². The fourth-order valence-electron chi connectivity index (χ4n) is 2.54. The van der Waals surface area contributed by atoms with Crippen LogP contribution in [0.2, 0.25) is 0 Å². The molecule has 162 valence electrons. The van der Waals surface area contributed by atoms with E-state index in [2.05, 4.69) is 10.6 Å². The number of carbonyl (C=O) groups excluding carboxylic acids is 2. The first kappa shape index (κ1) is 22.9. The number of anilines is 1. The van der Waals surface area contributed by atoms with Crippen LogP contribution < -0.4 is 24.8 Å². The molecule has 8 nitrogen and oxygen atoms in total. The number of ether oxygens (including phenoxy) is 4. The van der Waals surface area contributed by atoms with Crippen LogP contribution >= 0.6 is 0 Å². The van der Waals surface area contributed by atoms with E-state index in [-0.39, 0.29) is 12.5 Å². The molecule has 0 fully saturated rings. The first-order valence-electron chi connectivity index (χ1n) is 9.45. The number of hydrogen-bond donors (Lipinski definition) is 2. The largest absolute Gasteiger partial charge is 0.496 e. The first-order chi connectivity index (χ1) is 14.2. The van der Waals surface area contributed by atoms with Crippen molar-refractivity contribution in [1.82, 2.24) is 5.32 Å². The van der Waals surface area contributed by atoms with Crippen LogP contribution in [0.3, 0.4) is 0 Å². The number of amides is 2. The SMILES string of the molecule is COc1cccc(OC)c1C(=O)Nc1ccc(OCCNC(=O)OC(C)(C)C)cc1. The van der Waals surface area contributed by atoms with Gasteiger partial charge in [-0.3, -0.25) is 4.79 Å². The van der Waals surface area contributed by atoms with E-state index < -0.39 is 11.7 Å². The maximum Gasteiger partial charge on any atom is 0.407 e. The molecule has 0 saturated heterocycles. The molecule has 2 N–H and O–H groups in total. The Morgan fingerprint density at radius 2 is 1.53 bits per heavy atom. The molecule has 0 bridgehead atoms. The van der Waals surface area contributed by atoms with E-state index in [1.54, 1.807) is 63.2 Å². The molecule has 0 radical (unpaired) electrons. The summed E-state index contributed by atoms with van der Waals surface area (Å²) in [5.41, 5.74) is 0.363. The molecule has 0 unspecified atom stereocenters. The molecular weight excluding hydrogens is 388 g/mol. The van der Waals surface area contributed by atoms with Gasteiger partial charge in [-0.15, -0.1) is 0 Å². The van der Waals surface area contributed by atoms with Crippen LogP contribution in [0.15, 0.2) is 42.5 Å². The van der Waals surface area contributed by atoms with E-state index in [1.165, 1.54) is 14.2 Å². The zero-order valence-corrected chi connectivity index (χ0v) is 17.9. The fourth-order valence-corrected chi connectivity index (χ4v) is 2.54. The standard InChI is InChI=1S/C22H28N2O6/c1-22(2,3)30-21(26)23-13-14-29-16-11-9-15(10-12-16)24-20(25)19-17(27-4)7-6-8-18(19)28-5/h6-12H,13-14H2,1-5H3,(H,23,26)(H,24,25). The maximum atomic E-state index is 12.7. The molecule has 8 heteroatoms. The van der Waals surface area contributed by atoms with Gasteiger partial charge >= 0.3 is 6.09 Å². The van der Waals surface area contributed by atoms with Crippen molar-refractivity contribution < 1.29 is 28.5 Å². The highest BCUT2D eigenvalue weighted by atomic mass is 16.6. The Balaban J connectivity index is 1.88. The fraction of sp³-hybridized carbons (Fsp3) is 0.364. The van der Waals surface area contributed by atoms with Crippen molar-refractivity contribution in [3.8, 4) is 17.2 Å². The van der Waals surface area contributed by atoms with Crippen LogP contribution in [-0.4, -0.2) is 45.0 Å². The molecular formula is C22H28N2O6. The summed E-state index contributed by atoms with van der Waals surface area (Å²) in [4.78, 5) is 24.3. The van der Waals surface area contributed by atoms with Crippen molar-refractivity contribution in [3.05, 3.63) is 48.0 Å². The Labute approximate surface area is 176 Å². The lowest BCUT2D eigenvalue weighted by atomic mass is 10.1.